The first-order chi connectivity index (χ1) is 14.3. The average Bonchev–Trinajstić information content (AvgIpc) is 2.78. The van der Waals surface area contributed by atoms with Gasteiger partial charge in [-0.1, -0.05) is 113 Å². The second kappa shape index (κ2) is 14.5. The quantitative estimate of drug-likeness (QED) is 0.284. The molecule has 0 atom stereocenters. The van der Waals surface area contributed by atoms with Crippen LogP contribution in [0.4, 0.5) is 0 Å². The van der Waals surface area contributed by atoms with Gasteiger partial charge in [-0.15, -0.1) is 0 Å². The van der Waals surface area contributed by atoms with E-state index in [1.54, 1.807) is 7.11 Å². The molecule has 0 fully saturated rings. The van der Waals surface area contributed by atoms with Crippen molar-refractivity contribution in [2.24, 2.45) is 0 Å². The van der Waals surface area contributed by atoms with Crippen molar-refractivity contribution in [2.75, 3.05) is 26.9 Å². The summed E-state index contributed by atoms with van der Waals surface area (Å²) in [7, 11) is -1.04. The molecule has 0 amide bonds. The van der Waals surface area contributed by atoms with Crippen LogP contribution in [0.1, 0.15) is 58.3 Å². The lowest BCUT2D eigenvalue weighted by Gasteiger charge is -2.31. The van der Waals surface area contributed by atoms with Gasteiger partial charge in [-0.3, -0.25) is 0 Å². The molecule has 0 spiro atoms. The van der Waals surface area contributed by atoms with Crippen molar-refractivity contribution in [3.63, 3.8) is 0 Å². The molecule has 0 aliphatic rings. The van der Waals surface area contributed by atoms with Gasteiger partial charge in [-0.25, -0.2) is 0 Å². The van der Waals surface area contributed by atoms with E-state index in [2.05, 4.69) is 55.5 Å². The third-order valence-corrected chi connectivity index (χ3v) is 8.61. The number of hydrogen-bond acceptors (Lipinski definition) is 3. The van der Waals surface area contributed by atoms with Gasteiger partial charge in [0.1, 0.15) is 0 Å². The van der Waals surface area contributed by atoms with Crippen LogP contribution in [-0.4, -0.2) is 35.5 Å². The molecular formula is C25H38O3Si. The highest BCUT2D eigenvalue weighted by atomic mass is 28.4. The molecule has 0 N–H and O–H groups in total. The summed E-state index contributed by atoms with van der Waals surface area (Å²) in [5.41, 5.74) is 0. The van der Waals surface area contributed by atoms with Gasteiger partial charge >= 0.3 is 8.56 Å². The fraction of sp³-hybridized carbons (Fsp3) is 0.520. The third kappa shape index (κ3) is 8.05. The van der Waals surface area contributed by atoms with Crippen molar-refractivity contribution in [1.82, 2.24) is 0 Å². The van der Waals surface area contributed by atoms with Gasteiger partial charge in [-0.2, -0.15) is 0 Å². The topological polar surface area (TPSA) is 27.7 Å². The third-order valence-electron chi connectivity index (χ3n) is 5.20. The van der Waals surface area contributed by atoms with Crippen LogP contribution in [0.5, 0.6) is 0 Å². The highest BCUT2D eigenvalue weighted by Crippen LogP contribution is 2.13. The largest absolute Gasteiger partial charge is 0.407 e. The molecule has 3 nitrogen and oxygen atoms in total. The maximum absolute atomic E-state index is 6.65. The Morgan fingerprint density at radius 2 is 1.07 bits per heavy atom. The van der Waals surface area contributed by atoms with Crippen molar-refractivity contribution in [3.05, 3.63) is 60.7 Å². The fourth-order valence-electron chi connectivity index (χ4n) is 3.58. The van der Waals surface area contributed by atoms with E-state index in [-0.39, 0.29) is 0 Å². The lowest BCUT2D eigenvalue weighted by atomic mass is 10.1. The molecule has 0 heterocycles. The first kappa shape index (κ1) is 23.8. The van der Waals surface area contributed by atoms with Crippen LogP contribution in [0.3, 0.4) is 0 Å². The molecule has 4 heteroatoms. The van der Waals surface area contributed by atoms with E-state index >= 15 is 0 Å². The molecule has 160 valence electrons. The standard InChI is InChI=1S/C25H38O3Si/c1-3-4-5-6-7-8-9-16-21-27-29(28-23-22-26-2,24-17-12-10-13-18-24)25-19-14-11-15-20-25/h10-15,17-20H,3-9,16,21-23H2,1-2H3. The van der Waals surface area contributed by atoms with Crippen LogP contribution in [0.2, 0.25) is 0 Å². The summed E-state index contributed by atoms with van der Waals surface area (Å²) in [4.78, 5) is 0. The number of unbranched alkanes of at least 4 members (excludes halogenated alkanes) is 7. The minimum Gasteiger partial charge on any atom is -0.388 e. The Labute approximate surface area is 178 Å². The van der Waals surface area contributed by atoms with Gasteiger partial charge in [0, 0.05) is 13.7 Å². The van der Waals surface area contributed by atoms with E-state index in [1.165, 1.54) is 44.9 Å². The number of methoxy groups -OCH3 is 1. The second-order valence-corrected chi connectivity index (χ2v) is 10.5. The van der Waals surface area contributed by atoms with Crippen molar-refractivity contribution in [3.8, 4) is 0 Å². The van der Waals surface area contributed by atoms with Crippen LogP contribution in [-0.2, 0) is 13.6 Å². The van der Waals surface area contributed by atoms with E-state index in [4.69, 9.17) is 13.6 Å². The second-order valence-electron chi connectivity index (χ2n) is 7.51. The summed E-state index contributed by atoms with van der Waals surface area (Å²) in [5.74, 6) is 0. The Morgan fingerprint density at radius 1 is 0.586 bits per heavy atom. The SMILES string of the molecule is CCCCCCCCCCO[Si](OCCOC)(c1ccccc1)c1ccccc1. The molecule has 0 unspecified atom stereocenters. The zero-order valence-electron chi connectivity index (χ0n) is 18.3. The smallest absolute Gasteiger partial charge is 0.388 e. The highest BCUT2D eigenvalue weighted by molar-refractivity contribution is 6.92. The summed E-state index contributed by atoms with van der Waals surface area (Å²) < 4.78 is 18.4. The molecule has 2 rings (SSSR count). The van der Waals surface area contributed by atoms with E-state index in [9.17, 15) is 0 Å². The van der Waals surface area contributed by atoms with Crippen molar-refractivity contribution in [2.45, 2.75) is 58.3 Å². The lowest BCUT2D eigenvalue weighted by molar-refractivity contribution is 0.118. The molecule has 2 aromatic carbocycles. The Hall–Kier alpha value is -1.46. The zero-order chi connectivity index (χ0) is 20.6. The monoisotopic (exact) mass is 414 g/mol. The summed E-state index contributed by atoms with van der Waals surface area (Å²) in [6.45, 7) is 4.10. The molecule has 0 radical (unpaired) electrons. The number of hydrogen-bond donors (Lipinski definition) is 0. The highest BCUT2D eigenvalue weighted by Gasteiger charge is 2.42. The Bertz CT molecular complexity index is 594. The minimum absolute atomic E-state index is 0.532. The van der Waals surface area contributed by atoms with Gasteiger partial charge < -0.3 is 13.6 Å². The number of ether oxygens (including phenoxy) is 1. The molecule has 0 aliphatic carbocycles. The molecule has 0 saturated carbocycles. The predicted octanol–water partition coefficient (Wildman–Crippen LogP) is 5.06. The van der Waals surface area contributed by atoms with Crippen LogP contribution in [0.25, 0.3) is 0 Å². The first-order valence-electron chi connectivity index (χ1n) is 11.2. The van der Waals surface area contributed by atoms with Crippen LogP contribution >= 0.6 is 0 Å². The number of benzene rings is 2. The van der Waals surface area contributed by atoms with Gasteiger partial charge in [0.15, 0.2) is 0 Å². The summed E-state index contributed by atoms with van der Waals surface area (Å²) >= 11 is 0. The van der Waals surface area contributed by atoms with Gasteiger partial charge in [0.25, 0.3) is 0 Å². The Balaban J connectivity index is 2.02. The van der Waals surface area contributed by atoms with Crippen molar-refractivity contribution in [1.29, 1.82) is 0 Å². The fourth-order valence-corrected chi connectivity index (χ4v) is 6.73. The van der Waals surface area contributed by atoms with Crippen LogP contribution < -0.4 is 10.4 Å². The molecule has 0 bridgehead atoms. The van der Waals surface area contributed by atoms with Crippen LogP contribution in [0.15, 0.2) is 60.7 Å². The molecule has 0 aromatic heterocycles. The van der Waals surface area contributed by atoms with E-state index in [1.807, 2.05) is 12.1 Å². The maximum Gasteiger partial charge on any atom is 0.407 e. The average molecular weight is 415 g/mol. The first-order valence-corrected chi connectivity index (χ1v) is 13.0. The van der Waals surface area contributed by atoms with Gasteiger partial charge in [0.05, 0.1) is 13.2 Å². The van der Waals surface area contributed by atoms with Crippen LogP contribution in [0, 0.1) is 0 Å². The van der Waals surface area contributed by atoms with E-state index in [0.717, 1.165) is 23.4 Å². The van der Waals surface area contributed by atoms with E-state index < -0.39 is 8.56 Å². The zero-order valence-corrected chi connectivity index (χ0v) is 19.3. The van der Waals surface area contributed by atoms with Gasteiger partial charge in [-0.05, 0) is 16.8 Å². The van der Waals surface area contributed by atoms with Crippen molar-refractivity contribution < 1.29 is 13.6 Å². The lowest BCUT2D eigenvalue weighted by Crippen LogP contribution is -2.63. The van der Waals surface area contributed by atoms with E-state index in [0.29, 0.717) is 13.2 Å². The van der Waals surface area contributed by atoms with Crippen molar-refractivity contribution >= 4 is 18.9 Å². The molecular weight excluding hydrogens is 376 g/mol. The molecule has 0 saturated heterocycles. The van der Waals surface area contributed by atoms with Gasteiger partial charge in [0.2, 0.25) is 0 Å². The normalized spacial score (nSPS) is 11.7. The number of rotatable bonds is 16. The maximum atomic E-state index is 6.65. The molecule has 0 aliphatic heterocycles. The minimum atomic E-state index is -2.75. The summed E-state index contributed by atoms with van der Waals surface area (Å²) in [5, 5.41) is 2.31. The molecule has 2 aromatic rings. The summed E-state index contributed by atoms with van der Waals surface area (Å²) in [6.07, 6.45) is 10.3. The Morgan fingerprint density at radius 3 is 1.59 bits per heavy atom. The summed E-state index contributed by atoms with van der Waals surface area (Å²) in [6, 6.07) is 20.9. The predicted molar refractivity (Wildman–Crippen MR) is 124 cm³/mol. The Kier molecular flexibility index (Phi) is 11.9. The molecule has 29 heavy (non-hydrogen) atoms.